The molecule has 0 spiro atoms. The van der Waals surface area contributed by atoms with Gasteiger partial charge in [-0.25, -0.2) is 4.98 Å². The van der Waals surface area contributed by atoms with Crippen LogP contribution in [0.25, 0.3) is 11.3 Å². The Bertz CT molecular complexity index is 808. The van der Waals surface area contributed by atoms with Gasteiger partial charge in [0.2, 0.25) is 5.95 Å². The van der Waals surface area contributed by atoms with Crippen LogP contribution in [0, 0.1) is 0 Å². The monoisotopic (exact) mass is 383 g/mol. The second-order valence-electron chi connectivity index (χ2n) is 5.21. The lowest BCUT2D eigenvalue weighted by Crippen LogP contribution is -2.07. The number of hydrogen-bond donors (Lipinski definition) is 2. The fourth-order valence-electron chi connectivity index (χ4n) is 2.29. The summed E-state index contributed by atoms with van der Waals surface area (Å²) in [4.78, 5) is 13.1. The summed E-state index contributed by atoms with van der Waals surface area (Å²) in [5.74, 6) is 1.40. The molecule has 2 heterocycles. The summed E-state index contributed by atoms with van der Waals surface area (Å²) >= 11 is 3.49. The molecule has 0 aliphatic carbocycles. The van der Waals surface area contributed by atoms with E-state index in [4.69, 9.17) is 0 Å². The zero-order chi connectivity index (χ0) is 16.8. The van der Waals surface area contributed by atoms with E-state index in [0.717, 1.165) is 28.1 Å². The molecule has 3 aromatic rings. The van der Waals surface area contributed by atoms with E-state index in [2.05, 4.69) is 53.6 Å². The average Bonchev–Trinajstić information content (AvgIpc) is 2.61. The first kappa shape index (κ1) is 16.4. The van der Waals surface area contributed by atoms with Gasteiger partial charge in [-0.15, -0.1) is 0 Å². The van der Waals surface area contributed by atoms with Gasteiger partial charge in [0.05, 0.1) is 5.69 Å². The first-order chi connectivity index (χ1) is 11.7. The van der Waals surface area contributed by atoms with E-state index < -0.39 is 0 Å². The largest absolute Gasteiger partial charge is 0.366 e. The third-order valence-corrected chi connectivity index (χ3v) is 3.89. The zero-order valence-corrected chi connectivity index (χ0v) is 14.9. The Morgan fingerprint density at radius 3 is 2.58 bits per heavy atom. The van der Waals surface area contributed by atoms with E-state index in [9.17, 15) is 0 Å². The van der Waals surface area contributed by atoms with Gasteiger partial charge in [-0.05, 0) is 36.8 Å². The van der Waals surface area contributed by atoms with Crippen LogP contribution in [0.5, 0.6) is 0 Å². The number of aromatic nitrogens is 3. The van der Waals surface area contributed by atoms with E-state index in [-0.39, 0.29) is 0 Å². The lowest BCUT2D eigenvalue weighted by Gasteiger charge is -2.11. The van der Waals surface area contributed by atoms with Crippen molar-refractivity contribution in [3.63, 3.8) is 0 Å². The summed E-state index contributed by atoms with van der Waals surface area (Å²) < 4.78 is 1.07. The van der Waals surface area contributed by atoms with Crippen LogP contribution in [0.15, 0.2) is 59.3 Å². The Labute approximate surface area is 149 Å². The van der Waals surface area contributed by atoms with Gasteiger partial charge in [0.15, 0.2) is 0 Å². The molecule has 0 saturated heterocycles. The van der Waals surface area contributed by atoms with Crippen LogP contribution in [0.3, 0.4) is 0 Å². The molecule has 0 atom stereocenters. The normalized spacial score (nSPS) is 10.4. The number of nitrogens with zero attached hydrogens (tertiary/aromatic N) is 3. The van der Waals surface area contributed by atoms with Crippen LogP contribution in [0.2, 0.25) is 0 Å². The molecule has 0 fully saturated rings. The molecular weight excluding hydrogens is 366 g/mol. The van der Waals surface area contributed by atoms with Gasteiger partial charge in [-0.3, -0.25) is 4.98 Å². The van der Waals surface area contributed by atoms with Crippen molar-refractivity contribution in [1.29, 1.82) is 0 Å². The highest BCUT2D eigenvalue weighted by Crippen LogP contribution is 2.21. The van der Waals surface area contributed by atoms with Crippen LogP contribution in [0.4, 0.5) is 11.8 Å². The SMILES string of the molecule is CCNc1nc(NCc2cccc(Br)c2)cc(-c2ccncc2)n1. The van der Waals surface area contributed by atoms with Crippen molar-refractivity contribution in [1.82, 2.24) is 15.0 Å². The minimum atomic E-state index is 0.614. The molecular formula is C18H18BrN5. The Balaban J connectivity index is 1.85. The summed E-state index contributed by atoms with van der Waals surface area (Å²) in [7, 11) is 0. The second kappa shape index (κ2) is 7.88. The molecule has 122 valence electrons. The maximum Gasteiger partial charge on any atom is 0.225 e. The predicted molar refractivity (Wildman–Crippen MR) is 101 cm³/mol. The molecule has 0 saturated carbocycles. The average molecular weight is 384 g/mol. The molecule has 0 bridgehead atoms. The molecule has 6 heteroatoms. The Kier molecular flexibility index (Phi) is 5.38. The highest BCUT2D eigenvalue weighted by Gasteiger charge is 2.06. The molecule has 24 heavy (non-hydrogen) atoms. The maximum atomic E-state index is 4.56. The van der Waals surface area contributed by atoms with Crippen molar-refractivity contribution >= 4 is 27.7 Å². The quantitative estimate of drug-likeness (QED) is 0.662. The molecule has 1 aromatic carbocycles. The fraction of sp³-hybridized carbons (Fsp3) is 0.167. The van der Waals surface area contributed by atoms with E-state index in [1.54, 1.807) is 12.4 Å². The number of halogens is 1. The second-order valence-corrected chi connectivity index (χ2v) is 6.13. The third kappa shape index (κ3) is 4.29. The number of hydrogen-bond acceptors (Lipinski definition) is 5. The molecule has 2 N–H and O–H groups in total. The molecule has 2 aromatic heterocycles. The zero-order valence-electron chi connectivity index (χ0n) is 13.3. The summed E-state index contributed by atoms with van der Waals surface area (Å²) in [6.45, 7) is 3.49. The van der Waals surface area contributed by atoms with Gasteiger partial charge in [-0.1, -0.05) is 28.1 Å². The Morgan fingerprint density at radius 2 is 1.83 bits per heavy atom. The number of nitrogens with one attached hydrogen (secondary N) is 2. The summed E-state index contributed by atoms with van der Waals surface area (Å²) in [5.41, 5.74) is 3.05. The van der Waals surface area contributed by atoms with Gasteiger partial charge < -0.3 is 10.6 Å². The highest BCUT2D eigenvalue weighted by atomic mass is 79.9. The lowest BCUT2D eigenvalue weighted by atomic mass is 10.2. The van der Waals surface area contributed by atoms with Crippen molar-refractivity contribution in [3.8, 4) is 11.3 Å². The van der Waals surface area contributed by atoms with Crippen LogP contribution in [0.1, 0.15) is 12.5 Å². The van der Waals surface area contributed by atoms with Crippen molar-refractivity contribution in [2.75, 3.05) is 17.2 Å². The lowest BCUT2D eigenvalue weighted by molar-refractivity contribution is 1.05. The van der Waals surface area contributed by atoms with Crippen LogP contribution in [-0.4, -0.2) is 21.5 Å². The van der Waals surface area contributed by atoms with Crippen molar-refractivity contribution in [3.05, 3.63) is 64.9 Å². The summed E-state index contributed by atoms with van der Waals surface area (Å²) in [5, 5.41) is 6.55. The Hall–Kier alpha value is -2.47. The number of pyridine rings is 1. The smallest absolute Gasteiger partial charge is 0.225 e. The van der Waals surface area contributed by atoms with Gasteiger partial charge in [0.25, 0.3) is 0 Å². The van der Waals surface area contributed by atoms with Gasteiger partial charge >= 0.3 is 0 Å². The molecule has 0 amide bonds. The first-order valence-electron chi connectivity index (χ1n) is 7.76. The van der Waals surface area contributed by atoms with Gasteiger partial charge in [-0.2, -0.15) is 4.98 Å². The summed E-state index contributed by atoms with van der Waals surface area (Å²) in [6, 6.07) is 14.0. The van der Waals surface area contributed by atoms with E-state index in [0.29, 0.717) is 12.5 Å². The van der Waals surface area contributed by atoms with E-state index in [1.165, 1.54) is 5.56 Å². The molecule has 3 rings (SSSR count). The minimum Gasteiger partial charge on any atom is -0.366 e. The van der Waals surface area contributed by atoms with Crippen LogP contribution < -0.4 is 10.6 Å². The molecule has 0 aliphatic heterocycles. The number of anilines is 2. The fourth-order valence-corrected chi connectivity index (χ4v) is 2.73. The van der Waals surface area contributed by atoms with Crippen molar-refractivity contribution in [2.45, 2.75) is 13.5 Å². The van der Waals surface area contributed by atoms with Gasteiger partial charge in [0, 0.05) is 41.6 Å². The topological polar surface area (TPSA) is 62.7 Å². The summed E-state index contributed by atoms with van der Waals surface area (Å²) in [6.07, 6.45) is 3.53. The van der Waals surface area contributed by atoms with Crippen molar-refractivity contribution in [2.24, 2.45) is 0 Å². The predicted octanol–water partition coefficient (Wildman–Crippen LogP) is 4.35. The molecule has 5 nitrogen and oxygen atoms in total. The number of benzene rings is 1. The molecule has 0 radical (unpaired) electrons. The van der Waals surface area contributed by atoms with Crippen LogP contribution >= 0.6 is 15.9 Å². The van der Waals surface area contributed by atoms with Crippen LogP contribution in [-0.2, 0) is 6.54 Å². The van der Waals surface area contributed by atoms with Gasteiger partial charge in [0.1, 0.15) is 5.82 Å². The van der Waals surface area contributed by atoms with E-state index >= 15 is 0 Å². The van der Waals surface area contributed by atoms with E-state index in [1.807, 2.05) is 37.3 Å². The standard InChI is InChI=1S/C18H18BrN5/c1-2-21-18-23-16(14-6-8-20-9-7-14)11-17(24-18)22-12-13-4-3-5-15(19)10-13/h3-11H,2,12H2,1H3,(H2,21,22,23,24). The minimum absolute atomic E-state index is 0.614. The van der Waals surface area contributed by atoms with Crippen molar-refractivity contribution < 1.29 is 0 Å². The first-order valence-corrected chi connectivity index (χ1v) is 8.55. The Morgan fingerprint density at radius 1 is 1.00 bits per heavy atom. The third-order valence-electron chi connectivity index (χ3n) is 3.40. The molecule has 0 unspecified atom stereocenters. The molecule has 0 aliphatic rings. The number of rotatable bonds is 6. The highest BCUT2D eigenvalue weighted by molar-refractivity contribution is 9.10. The maximum absolute atomic E-state index is 4.56.